The second-order valence-corrected chi connectivity index (χ2v) is 5.37. The Kier molecular flexibility index (Phi) is 5.59. The zero-order chi connectivity index (χ0) is 13.7. The van der Waals surface area contributed by atoms with Gasteiger partial charge < -0.3 is 10.0 Å². The van der Waals surface area contributed by atoms with Gasteiger partial charge in [-0.15, -0.1) is 0 Å². The molecule has 1 saturated heterocycles. The number of carboxylic acids is 1. The lowest BCUT2D eigenvalue weighted by atomic mass is 10.0. The SMILES string of the molecule is CC(CN(C)CC(=O)N1CCCCC1C)C(=O)O. The van der Waals surface area contributed by atoms with Crippen LogP contribution in [0.1, 0.15) is 33.1 Å². The summed E-state index contributed by atoms with van der Waals surface area (Å²) in [5.41, 5.74) is 0. The molecule has 104 valence electrons. The summed E-state index contributed by atoms with van der Waals surface area (Å²) in [5, 5.41) is 8.83. The summed E-state index contributed by atoms with van der Waals surface area (Å²) >= 11 is 0. The summed E-state index contributed by atoms with van der Waals surface area (Å²) in [5.74, 6) is -1.15. The Balaban J connectivity index is 2.41. The monoisotopic (exact) mass is 256 g/mol. The Morgan fingerprint density at radius 1 is 1.44 bits per heavy atom. The van der Waals surface area contributed by atoms with E-state index in [1.807, 2.05) is 4.90 Å². The van der Waals surface area contributed by atoms with Crippen molar-refractivity contribution in [3.8, 4) is 0 Å². The Bertz CT molecular complexity index is 307. The number of likely N-dealkylation sites (tertiary alicyclic amines) is 1. The number of nitrogens with zero attached hydrogens (tertiary/aromatic N) is 2. The largest absolute Gasteiger partial charge is 0.481 e. The standard InChI is InChI=1S/C13H24N2O3/c1-10(13(17)18)8-14(3)9-12(16)15-7-5-4-6-11(15)2/h10-11H,4-9H2,1-3H3,(H,17,18). The van der Waals surface area contributed by atoms with Gasteiger partial charge in [0, 0.05) is 19.1 Å². The number of carbonyl (C=O) groups excluding carboxylic acids is 1. The average molecular weight is 256 g/mol. The molecule has 1 fully saturated rings. The molecule has 18 heavy (non-hydrogen) atoms. The molecule has 1 N–H and O–H groups in total. The minimum Gasteiger partial charge on any atom is -0.481 e. The van der Waals surface area contributed by atoms with Gasteiger partial charge in [0.15, 0.2) is 0 Å². The van der Waals surface area contributed by atoms with E-state index in [0.29, 0.717) is 19.1 Å². The minimum atomic E-state index is -0.819. The zero-order valence-electron chi connectivity index (χ0n) is 11.6. The minimum absolute atomic E-state index is 0.113. The van der Waals surface area contributed by atoms with Crippen molar-refractivity contribution >= 4 is 11.9 Å². The summed E-state index contributed by atoms with van der Waals surface area (Å²) in [7, 11) is 1.80. The quantitative estimate of drug-likeness (QED) is 0.798. The predicted molar refractivity (Wildman–Crippen MR) is 69.3 cm³/mol. The van der Waals surface area contributed by atoms with Crippen LogP contribution in [0.4, 0.5) is 0 Å². The van der Waals surface area contributed by atoms with Gasteiger partial charge in [-0.05, 0) is 33.2 Å². The number of hydrogen-bond donors (Lipinski definition) is 1. The van der Waals surface area contributed by atoms with Crippen LogP contribution in [0.3, 0.4) is 0 Å². The predicted octanol–water partition coefficient (Wildman–Crippen LogP) is 1.04. The first-order valence-electron chi connectivity index (χ1n) is 6.62. The Labute approximate surface area is 109 Å². The molecule has 1 heterocycles. The molecule has 5 heteroatoms. The van der Waals surface area contributed by atoms with Gasteiger partial charge in [0.25, 0.3) is 0 Å². The molecule has 0 spiro atoms. The second kappa shape index (κ2) is 6.73. The van der Waals surface area contributed by atoms with Gasteiger partial charge in [-0.1, -0.05) is 6.92 Å². The van der Waals surface area contributed by atoms with E-state index in [-0.39, 0.29) is 5.91 Å². The molecule has 0 aromatic heterocycles. The second-order valence-electron chi connectivity index (χ2n) is 5.37. The first kappa shape index (κ1) is 15.0. The van der Waals surface area contributed by atoms with Crippen molar-refractivity contribution in [3.05, 3.63) is 0 Å². The van der Waals surface area contributed by atoms with Crippen LogP contribution in [0.2, 0.25) is 0 Å². The lowest BCUT2D eigenvalue weighted by Crippen LogP contribution is -2.47. The summed E-state index contributed by atoms with van der Waals surface area (Å²) in [4.78, 5) is 26.6. The molecule has 1 amide bonds. The third-order valence-electron chi connectivity index (χ3n) is 3.54. The molecule has 0 aliphatic carbocycles. The maximum atomic E-state index is 12.1. The fraction of sp³-hybridized carbons (Fsp3) is 0.846. The number of hydrogen-bond acceptors (Lipinski definition) is 3. The first-order chi connectivity index (χ1) is 8.41. The number of rotatable bonds is 5. The molecule has 2 unspecified atom stereocenters. The van der Waals surface area contributed by atoms with Gasteiger partial charge in [-0.2, -0.15) is 0 Å². The zero-order valence-corrected chi connectivity index (χ0v) is 11.6. The average Bonchev–Trinajstić information content (AvgIpc) is 2.28. The molecule has 0 bridgehead atoms. The van der Waals surface area contributed by atoms with Crippen LogP contribution >= 0.6 is 0 Å². The van der Waals surface area contributed by atoms with E-state index in [4.69, 9.17) is 5.11 Å². The maximum Gasteiger partial charge on any atom is 0.307 e. The van der Waals surface area contributed by atoms with E-state index in [2.05, 4.69) is 6.92 Å². The van der Waals surface area contributed by atoms with Crippen molar-refractivity contribution in [3.63, 3.8) is 0 Å². The fourth-order valence-electron chi connectivity index (χ4n) is 2.40. The molecular weight excluding hydrogens is 232 g/mol. The first-order valence-corrected chi connectivity index (χ1v) is 6.62. The molecule has 1 rings (SSSR count). The molecule has 1 aliphatic rings. The van der Waals surface area contributed by atoms with E-state index in [9.17, 15) is 9.59 Å². The summed E-state index contributed by atoms with van der Waals surface area (Å²) in [6, 6.07) is 0.316. The third-order valence-corrected chi connectivity index (χ3v) is 3.54. The van der Waals surface area contributed by atoms with Crippen LogP contribution in [0.25, 0.3) is 0 Å². The van der Waals surface area contributed by atoms with Crippen LogP contribution in [-0.4, -0.2) is 59.5 Å². The molecule has 5 nitrogen and oxygen atoms in total. The highest BCUT2D eigenvalue weighted by atomic mass is 16.4. The van der Waals surface area contributed by atoms with Gasteiger partial charge in [-0.3, -0.25) is 14.5 Å². The highest BCUT2D eigenvalue weighted by molar-refractivity contribution is 5.78. The Morgan fingerprint density at radius 3 is 2.67 bits per heavy atom. The third kappa shape index (κ3) is 4.29. The van der Waals surface area contributed by atoms with Crippen molar-refractivity contribution in [2.75, 3.05) is 26.7 Å². The van der Waals surface area contributed by atoms with Crippen molar-refractivity contribution in [2.24, 2.45) is 5.92 Å². The van der Waals surface area contributed by atoms with E-state index >= 15 is 0 Å². The van der Waals surface area contributed by atoms with E-state index in [1.165, 1.54) is 6.42 Å². The van der Waals surface area contributed by atoms with Gasteiger partial charge >= 0.3 is 5.97 Å². The Hall–Kier alpha value is -1.10. The number of carboxylic acid groups (broad SMARTS) is 1. The van der Waals surface area contributed by atoms with Crippen molar-refractivity contribution in [1.29, 1.82) is 0 Å². The number of aliphatic carboxylic acids is 1. The van der Waals surface area contributed by atoms with Crippen LogP contribution in [0.15, 0.2) is 0 Å². The lowest BCUT2D eigenvalue weighted by molar-refractivity contribution is -0.143. The van der Waals surface area contributed by atoms with Crippen molar-refractivity contribution in [1.82, 2.24) is 9.80 Å². The highest BCUT2D eigenvalue weighted by Crippen LogP contribution is 2.16. The van der Waals surface area contributed by atoms with Gasteiger partial charge in [-0.25, -0.2) is 0 Å². The van der Waals surface area contributed by atoms with Gasteiger partial charge in [0.05, 0.1) is 12.5 Å². The normalized spacial score (nSPS) is 22.0. The van der Waals surface area contributed by atoms with E-state index in [0.717, 1.165) is 19.4 Å². The smallest absolute Gasteiger partial charge is 0.307 e. The van der Waals surface area contributed by atoms with E-state index < -0.39 is 11.9 Å². The number of piperidine rings is 1. The maximum absolute atomic E-state index is 12.1. The molecular formula is C13H24N2O3. The molecule has 0 saturated carbocycles. The molecule has 0 aromatic rings. The summed E-state index contributed by atoms with van der Waals surface area (Å²) in [6.07, 6.45) is 3.34. The molecule has 0 radical (unpaired) electrons. The van der Waals surface area contributed by atoms with Crippen LogP contribution in [0, 0.1) is 5.92 Å². The summed E-state index contributed by atoms with van der Waals surface area (Å²) < 4.78 is 0. The van der Waals surface area contributed by atoms with Crippen LogP contribution in [0.5, 0.6) is 0 Å². The van der Waals surface area contributed by atoms with Gasteiger partial charge in [0.2, 0.25) is 5.91 Å². The van der Waals surface area contributed by atoms with E-state index in [1.54, 1.807) is 18.9 Å². The molecule has 1 aliphatic heterocycles. The number of likely N-dealkylation sites (N-methyl/N-ethyl adjacent to an activating group) is 1. The summed E-state index contributed by atoms with van der Waals surface area (Å²) in [6.45, 7) is 5.29. The topological polar surface area (TPSA) is 60.9 Å². The fourth-order valence-corrected chi connectivity index (χ4v) is 2.40. The van der Waals surface area contributed by atoms with Gasteiger partial charge in [0.1, 0.15) is 0 Å². The molecule has 2 atom stereocenters. The molecule has 0 aromatic carbocycles. The number of amides is 1. The number of carbonyl (C=O) groups is 2. The highest BCUT2D eigenvalue weighted by Gasteiger charge is 2.24. The van der Waals surface area contributed by atoms with Crippen molar-refractivity contribution in [2.45, 2.75) is 39.2 Å². The lowest BCUT2D eigenvalue weighted by Gasteiger charge is -2.34. The Morgan fingerprint density at radius 2 is 2.11 bits per heavy atom. The van der Waals surface area contributed by atoms with Crippen LogP contribution in [-0.2, 0) is 9.59 Å². The van der Waals surface area contributed by atoms with Crippen LogP contribution < -0.4 is 0 Å². The van der Waals surface area contributed by atoms with Crippen molar-refractivity contribution < 1.29 is 14.7 Å².